The van der Waals surface area contributed by atoms with Crippen LogP contribution in [0.2, 0.25) is 0 Å². The molecule has 3 heteroatoms. The number of H-pyrrole nitrogens is 1. The van der Waals surface area contributed by atoms with E-state index in [1.165, 1.54) is 22.3 Å². The van der Waals surface area contributed by atoms with Crippen LogP contribution in [-0.4, -0.2) is 9.97 Å². The zero-order chi connectivity index (χ0) is 15.5. The minimum absolute atomic E-state index is 0. The Balaban J connectivity index is 0.00000192. The molecule has 3 aromatic rings. The lowest BCUT2D eigenvalue weighted by Crippen LogP contribution is -2.07. The van der Waals surface area contributed by atoms with Crippen LogP contribution in [0.1, 0.15) is 33.9 Å². The molecule has 3 rings (SSSR count). The van der Waals surface area contributed by atoms with Crippen LogP contribution in [0.15, 0.2) is 67.6 Å². The molecule has 0 aliphatic rings. The molecular weight excluding hydrogens is 304 g/mol. The van der Waals surface area contributed by atoms with Gasteiger partial charge in [-0.3, -0.25) is 0 Å². The largest absolute Gasteiger partial charge is 0.351 e. The van der Waals surface area contributed by atoms with Gasteiger partial charge in [0.25, 0.3) is 0 Å². The molecule has 0 radical (unpaired) electrons. The molecule has 2 nitrogen and oxygen atoms in total. The van der Waals surface area contributed by atoms with E-state index in [9.17, 15) is 0 Å². The van der Waals surface area contributed by atoms with Gasteiger partial charge in [-0.15, -0.1) is 12.4 Å². The van der Waals surface area contributed by atoms with E-state index in [2.05, 4.69) is 78.9 Å². The summed E-state index contributed by atoms with van der Waals surface area (Å²) in [4.78, 5) is 7.42. The molecule has 2 aromatic carbocycles. The highest BCUT2D eigenvalue weighted by atomic mass is 35.5. The predicted molar refractivity (Wildman–Crippen MR) is 99.1 cm³/mol. The maximum Gasteiger partial charge on any atom is 0.0927 e. The Morgan fingerprint density at radius 2 is 1.48 bits per heavy atom. The summed E-state index contributed by atoms with van der Waals surface area (Å²) in [5.41, 5.74) is 7.04. The maximum absolute atomic E-state index is 4.39. The number of allylic oxidation sites excluding steroid dienone is 1. The third-order valence-corrected chi connectivity index (χ3v) is 4.17. The number of aryl methyl sites for hydroxylation is 2. The van der Waals surface area contributed by atoms with Gasteiger partial charge >= 0.3 is 0 Å². The normalized spacial score (nSPS) is 10.4. The zero-order valence-electron chi connectivity index (χ0n) is 13.4. The highest BCUT2D eigenvalue weighted by Gasteiger charge is 2.22. The molecule has 118 valence electrons. The molecule has 0 amide bonds. The van der Waals surface area contributed by atoms with E-state index in [1.54, 1.807) is 6.33 Å². The fourth-order valence-corrected chi connectivity index (χ4v) is 2.95. The number of aromatic nitrogens is 2. The fraction of sp³-hybridized carbons (Fsp3) is 0.150. The topological polar surface area (TPSA) is 28.7 Å². The van der Waals surface area contributed by atoms with Gasteiger partial charge in [0.1, 0.15) is 0 Å². The quantitative estimate of drug-likeness (QED) is 0.693. The molecule has 1 aromatic heterocycles. The molecule has 0 aliphatic carbocycles. The summed E-state index contributed by atoms with van der Waals surface area (Å²) in [5, 5.41) is 0. The van der Waals surface area contributed by atoms with E-state index < -0.39 is 0 Å². The predicted octanol–water partition coefficient (Wildman–Crippen LogP) is 5.29. The number of halogens is 1. The lowest BCUT2D eigenvalue weighted by Gasteiger charge is -2.23. The van der Waals surface area contributed by atoms with Gasteiger partial charge < -0.3 is 4.98 Å². The number of imidazole rings is 1. The van der Waals surface area contributed by atoms with Crippen LogP contribution >= 0.6 is 12.4 Å². The van der Waals surface area contributed by atoms with Crippen LogP contribution in [0.4, 0.5) is 0 Å². The van der Waals surface area contributed by atoms with Crippen molar-refractivity contribution in [2.24, 2.45) is 0 Å². The number of hydrogen-bond acceptors (Lipinski definition) is 1. The van der Waals surface area contributed by atoms with Crippen molar-refractivity contribution in [3.8, 4) is 0 Å². The van der Waals surface area contributed by atoms with E-state index in [0.717, 1.165) is 11.3 Å². The minimum atomic E-state index is 0. The van der Waals surface area contributed by atoms with Crippen LogP contribution < -0.4 is 0 Å². The molecule has 0 unspecified atom stereocenters. The summed E-state index contributed by atoms with van der Waals surface area (Å²) >= 11 is 0. The van der Waals surface area contributed by atoms with E-state index in [1.807, 2.05) is 6.20 Å². The van der Waals surface area contributed by atoms with Crippen molar-refractivity contribution in [1.82, 2.24) is 9.97 Å². The summed E-state index contributed by atoms with van der Waals surface area (Å²) in [7, 11) is 0. The molecular formula is C20H21ClN2. The van der Waals surface area contributed by atoms with Gasteiger partial charge in [0.05, 0.1) is 12.0 Å². The van der Waals surface area contributed by atoms with Crippen molar-refractivity contribution in [2.75, 3.05) is 0 Å². The Bertz CT molecular complexity index is 745. The van der Waals surface area contributed by atoms with Crippen molar-refractivity contribution >= 4 is 18.0 Å². The van der Waals surface area contributed by atoms with Crippen LogP contribution in [-0.2, 0) is 0 Å². The Morgan fingerprint density at radius 1 is 0.957 bits per heavy atom. The Morgan fingerprint density at radius 3 is 1.91 bits per heavy atom. The molecule has 1 N–H and O–H groups in total. The molecule has 0 spiro atoms. The SMILES string of the molecule is C=C(c1c[nH]cn1)C(c1ccccc1C)c1ccccc1C.Cl. The van der Waals surface area contributed by atoms with E-state index in [0.29, 0.717) is 0 Å². The van der Waals surface area contributed by atoms with Gasteiger partial charge in [0, 0.05) is 12.1 Å². The zero-order valence-corrected chi connectivity index (χ0v) is 14.2. The maximum atomic E-state index is 4.39. The van der Waals surface area contributed by atoms with E-state index in [4.69, 9.17) is 0 Å². The van der Waals surface area contributed by atoms with Crippen LogP contribution in [0, 0.1) is 13.8 Å². The first-order valence-electron chi connectivity index (χ1n) is 7.47. The molecule has 0 saturated heterocycles. The standard InChI is InChI=1S/C20H20N2.ClH/c1-14-8-4-6-10-17(14)20(16(3)19-12-21-13-22-19)18-11-7-5-9-15(18)2;/h4-13,20H,3H2,1-2H3,(H,21,22);1H. The number of nitrogens with zero attached hydrogens (tertiary/aromatic N) is 1. The second-order valence-electron chi connectivity index (χ2n) is 5.63. The van der Waals surface area contributed by atoms with Crippen LogP contribution in [0.25, 0.3) is 5.57 Å². The summed E-state index contributed by atoms with van der Waals surface area (Å²) in [6.07, 6.45) is 3.61. The number of hydrogen-bond donors (Lipinski definition) is 1. The monoisotopic (exact) mass is 324 g/mol. The number of rotatable bonds is 4. The molecule has 0 aliphatic heterocycles. The third kappa shape index (κ3) is 3.38. The van der Waals surface area contributed by atoms with Gasteiger partial charge in [0.15, 0.2) is 0 Å². The van der Waals surface area contributed by atoms with Crippen LogP contribution in [0.3, 0.4) is 0 Å². The first kappa shape index (κ1) is 17.0. The smallest absolute Gasteiger partial charge is 0.0927 e. The van der Waals surface area contributed by atoms with Gasteiger partial charge in [-0.05, 0) is 41.7 Å². The molecule has 0 saturated carbocycles. The highest BCUT2D eigenvalue weighted by molar-refractivity contribution is 5.85. The molecule has 0 atom stereocenters. The Hall–Kier alpha value is -2.32. The summed E-state index contributed by atoms with van der Waals surface area (Å²) in [6.45, 7) is 8.65. The third-order valence-electron chi connectivity index (χ3n) is 4.17. The van der Waals surface area contributed by atoms with Crippen molar-refractivity contribution in [3.63, 3.8) is 0 Å². The summed E-state index contributed by atoms with van der Waals surface area (Å²) in [5.74, 6) is 0.116. The summed E-state index contributed by atoms with van der Waals surface area (Å²) < 4.78 is 0. The second kappa shape index (κ2) is 7.30. The number of aromatic amines is 1. The highest BCUT2D eigenvalue weighted by Crippen LogP contribution is 2.38. The first-order chi connectivity index (χ1) is 10.7. The molecule has 23 heavy (non-hydrogen) atoms. The van der Waals surface area contributed by atoms with Gasteiger partial charge in [-0.2, -0.15) is 0 Å². The first-order valence-corrected chi connectivity index (χ1v) is 7.47. The Kier molecular flexibility index (Phi) is 5.41. The number of benzene rings is 2. The van der Waals surface area contributed by atoms with Crippen molar-refractivity contribution in [1.29, 1.82) is 0 Å². The molecule has 0 fully saturated rings. The lowest BCUT2D eigenvalue weighted by molar-refractivity contribution is 1.00. The fourth-order valence-electron chi connectivity index (χ4n) is 2.95. The van der Waals surface area contributed by atoms with E-state index in [-0.39, 0.29) is 18.3 Å². The molecule has 1 heterocycles. The second-order valence-corrected chi connectivity index (χ2v) is 5.63. The minimum Gasteiger partial charge on any atom is -0.351 e. The number of nitrogens with one attached hydrogen (secondary N) is 1. The van der Waals surface area contributed by atoms with Crippen molar-refractivity contribution < 1.29 is 0 Å². The summed E-state index contributed by atoms with van der Waals surface area (Å²) in [6, 6.07) is 17.0. The Labute approximate surface area is 143 Å². The van der Waals surface area contributed by atoms with Gasteiger partial charge in [-0.25, -0.2) is 4.98 Å². The van der Waals surface area contributed by atoms with Crippen molar-refractivity contribution in [2.45, 2.75) is 19.8 Å². The lowest BCUT2D eigenvalue weighted by atomic mass is 9.80. The van der Waals surface area contributed by atoms with Gasteiger partial charge in [0.2, 0.25) is 0 Å². The van der Waals surface area contributed by atoms with Crippen molar-refractivity contribution in [3.05, 3.63) is 95.6 Å². The van der Waals surface area contributed by atoms with E-state index >= 15 is 0 Å². The average molecular weight is 325 g/mol. The van der Waals surface area contributed by atoms with Gasteiger partial charge in [-0.1, -0.05) is 55.1 Å². The van der Waals surface area contributed by atoms with Crippen LogP contribution in [0.5, 0.6) is 0 Å². The average Bonchev–Trinajstić information content (AvgIpc) is 3.05. The molecule has 0 bridgehead atoms.